The van der Waals surface area contributed by atoms with Crippen LogP contribution in [0.25, 0.3) is 10.8 Å². The molecule has 0 aliphatic rings. The number of halogens is 1. The van der Waals surface area contributed by atoms with Crippen molar-refractivity contribution in [3.63, 3.8) is 0 Å². The number of anilines is 1. The van der Waals surface area contributed by atoms with Crippen LogP contribution in [0.2, 0.25) is 0 Å². The normalized spacial score (nSPS) is 10.8. The zero-order valence-corrected chi connectivity index (χ0v) is 11.6. The molecular formula is C18H14FNO. The number of carbonyl (C=O) groups is 1. The van der Waals surface area contributed by atoms with Crippen molar-refractivity contribution < 1.29 is 9.18 Å². The number of carbonyl (C=O) groups excluding carboxylic acids is 1. The Bertz CT molecular complexity index is 855. The number of fused-ring (bicyclic) bond motifs is 1. The number of nitrogen functional groups attached to an aromatic ring is 1. The van der Waals surface area contributed by atoms with Crippen LogP contribution in [0.5, 0.6) is 0 Å². The van der Waals surface area contributed by atoms with Gasteiger partial charge in [0.1, 0.15) is 5.82 Å². The van der Waals surface area contributed by atoms with E-state index in [1.165, 1.54) is 12.1 Å². The van der Waals surface area contributed by atoms with Crippen LogP contribution < -0.4 is 5.73 Å². The van der Waals surface area contributed by atoms with Crippen molar-refractivity contribution in [2.45, 2.75) is 6.92 Å². The first-order valence-corrected chi connectivity index (χ1v) is 6.66. The predicted molar refractivity (Wildman–Crippen MR) is 82.9 cm³/mol. The van der Waals surface area contributed by atoms with Crippen molar-refractivity contribution in [1.29, 1.82) is 0 Å². The van der Waals surface area contributed by atoms with E-state index in [4.69, 9.17) is 5.73 Å². The second-order valence-corrected chi connectivity index (χ2v) is 5.04. The summed E-state index contributed by atoms with van der Waals surface area (Å²) in [5.41, 5.74) is 8.35. The minimum absolute atomic E-state index is 0.155. The molecule has 0 atom stereocenters. The standard InChI is InChI=1S/C18H14FNO/c1-11-6-7-12(10-17(11)20)18(21)15-8-9-16(19)14-5-3-2-4-13(14)15/h2-10H,20H2,1H3. The second-order valence-electron chi connectivity index (χ2n) is 5.04. The number of hydrogen-bond donors (Lipinski definition) is 1. The fourth-order valence-corrected chi connectivity index (χ4v) is 2.40. The van der Waals surface area contributed by atoms with E-state index < -0.39 is 0 Å². The van der Waals surface area contributed by atoms with Gasteiger partial charge in [0.2, 0.25) is 0 Å². The van der Waals surface area contributed by atoms with Crippen LogP contribution >= 0.6 is 0 Å². The number of rotatable bonds is 2. The molecule has 0 fully saturated rings. The maximum absolute atomic E-state index is 13.8. The number of benzene rings is 3. The van der Waals surface area contributed by atoms with E-state index in [2.05, 4.69) is 0 Å². The first-order valence-electron chi connectivity index (χ1n) is 6.66. The molecule has 0 unspecified atom stereocenters. The van der Waals surface area contributed by atoms with Gasteiger partial charge in [0.25, 0.3) is 0 Å². The average Bonchev–Trinajstić information content (AvgIpc) is 2.50. The van der Waals surface area contributed by atoms with Gasteiger partial charge in [-0.15, -0.1) is 0 Å². The number of ketones is 1. The molecule has 0 amide bonds. The molecule has 104 valence electrons. The van der Waals surface area contributed by atoms with Gasteiger partial charge in [-0.25, -0.2) is 4.39 Å². The molecule has 21 heavy (non-hydrogen) atoms. The van der Waals surface area contributed by atoms with Gasteiger partial charge in [-0.2, -0.15) is 0 Å². The molecule has 3 aromatic carbocycles. The van der Waals surface area contributed by atoms with Crippen LogP contribution in [0, 0.1) is 12.7 Å². The minimum Gasteiger partial charge on any atom is -0.398 e. The lowest BCUT2D eigenvalue weighted by molar-refractivity contribution is 0.104. The van der Waals surface area contributed by atoms with E-state index in [-0.39, 0.29) is 11.6 Å². The summed E-state index contributed by atoms with van der Waals surface area (Å²) in [5, 5.41) is 1.06. The van der Waals surface area contributed by atoms with Crippen molar-refractivity contribution >= 4 is 22.2 Å². The molecule has 0 spiro atoms. The quantitative estimate of drug-likeness (QED) is 0.567. The Kier molecular flexibility index (Phi) is 3.18. The Hall–Kier alpha value is -2.68. The molecule has 0 aromatic heterocycles. The van der Waals surface area contributed by atoms with Crippen LogP contribution in [-0.2, 0) is 0 Å². The molecule has 2 N–H and O–H groups in total. The molecule has 3 heteroatoms. The van der Waals surface area contributed by atoms with Crippen LogP contribution in [0.3, 0.4) is 0 Å². The third kappa shape index (κ3) is 2.27. The zero-order valence-electron chi connectivity index (χ0n) is 11.6. The van der Waals surface area contributed by atoms with Crippen molar-refractivity contribution in [2.24, 2.45) is 0 Å². The van der Waals surface area contributed by atoms with Gasteiger partial charge in [0.15, 0.2) is 5.78 Å². The van der Waals surface area contributed by atoms with Gasteiger partial charge >= 0.3 is 0 Å². The highest BCUT2D eigenvalue weighted by Crippen LogP contribution is 2.25. The lowest BCUT2D eigenvalue weighted by Gasteiger charge is -2.08. The highest BCUT2D eigenvalue weighted by atomic mass is 19.1. The van der Waals surface area contributed by atoms with Crippen molar-refractivity contribution in [3.05, 3.63) is 77.1 Å². The monoisotopic (exact) mass is 279 g/mol. The lowest BCUT2D eigenvalue weighted by atomic mass is 9.96. The summed E-state index contributed by atoms with van der Waals surface area (Å²) in [7, 11) is 0. The summed E-state index contributed by atoms with van der Waals surface area (Å²) in [6.07, 6.45) is 0. The molecular weight excluding hydrogens is 265 g/mol. The molecule has 0 radical (unpaired) electrons. The van der Waals surface area contributed by atoms with E-state index in [1.807, 2.05) is 13.0 Å². The van der Waals surface area contributed by atoms with Crippen LogP contribution in [0.1, 0.15) is 21.5 Å². The Morgan fingerprint density at radius 1 is 1.00 bits per heavy atom. The largest absolute Gasteiger partial charge is 0.398 e. The zero-order chi connectivity index (χ0) is 15.0. The topological polar surface area (TPSA) is 43.1 Å². The number of hydrogen-bond acceptors (Lipinski definition) is 2. The maximum atomic E-state index is 13.8. The first-order chi connectivity index (χ1) is 10.1. The van der Waals surface area contributed by atoms with Crippen molar-refractivity contribution in [2.75, 3.05) is 5.73 Å². The highest BCUT2D eigenvalue weighted by molar-refractivity contribution is 6.16. The average molecular weight is 279 g/mol. The summed E-state index contributed by atoms with van der Waals surface area (Å²) in [5.74, 6) is -0.483. The van der Waals surface area contributed by atoms with E-state index in [0.29, 0.717) is 27.6 Å². The summed E-state index contributed by atoms with van der Waals surface area (Å²) in [4.78, 5) is 12.7. The first kappa shape index (κ1) is 13.3. The van der Waals surface area contributed by atoms with Crippen LogP contribution in [0.4, 0.5) is 10.1 Å². The summed E-state index contributed by atoms with van der Waals surface area (Å²) in [6.45, 7) is 1.89. The van der Waals surface area contributed by atoms with Crippen molar-refractivity contribution in [3.8, 4) is 0 Å². The minimum atomic E-state index is -0.328. The van der Waals surface area contributed by atoms with Crippen LogP contribution in [0.15, 0.2) is 54.6 Å². The van der Waals surface area contributed by atoms with Gasteiger partial charge in [-0.05, 0) is 36.1 Å². The predicted octanol–water partition coefficient (Wildman–Crippen LogP) is 4.10. The molecule has 3 aromatic rings. The number of nitrogens with two attached hydrogens (primary N) is 1. The summed E-state index contributed by atoms with van der Waals surface area (Å²) in [6, 6.07) is 15.0. The molecule has 0 bridgehead atoms. The van der Waals surface area contributed by atoms with Gasteiger partial charge in [0.05, 0.1) is 0 Å². The van der Waals surface area contributed by atoms with Gasteiger partial charge in [-0.1, -0.05) is 36.4 Å². The molecule has 2 nitrogen and oxygen atoms in total. The van der Waals surface area contributed by atoms with Gasteiger partial charge in [0, 0.05) is 22.2 Å². The van der Waals surface area contributed by atoms with E-state index in [9.17, 15) is 9.18 Å². The SMILES string of the molecule is Cc1ccc(C(=O)c2ccc(F)c3ccccc23)cc1N. The Labute approximate surface area is 122 Å². The van der Waals surface area contributed by atoms with Gasteiger partial charge in [-0.3, -0.25) is 4.79 Å². The third-order valence-electron chi connectivity index (χ3n) is 3.66. The maximum Gasteiger partial charge on any atom is 0.193 e. The second kappa shape index (κ2) is 5.02. The van der Waals surface area contributed by atoms with E-state index >= 15 is 0 Å². The third-order valence-corrected chi connectivity index (χ3v) is 3.66. The molecule has 0 heterocycles. The summed E-state index contributed by atoms with van der Waals surface area (Å²) < 4.78 is 13.8. The number of aryl methyl sites for hydroxylation is 1. The van der Waals surface area contributed by atoms with Crippen LogP contribution in [-0.4, -0.2) is 5.78 Å². The van der Waals surface area contributed by atoms with Gasteiger partial charge < -0.3 is 5.73 Å². The van der Waals surface area contributed by atoms with E-state index in [0.717, 1.165) is 5.56 Å². The molecule has 0 aliphatic heterocycles. The molecule has 0 aliphatic carbocycles. The highest BCUT2D eigenvalue weighted by Gasteiger charge is 2.14. The fraction of sp³-hybridized carbons (Fsp3) is 0.0556. The Morgan fingerprint density at radius 2 is 1.71 bits per heavy atom. The lowest BCUT2D eigenvalue weighted by Crippen LogP contribution is -2.04. The Balaban J connectivity index is 2.18. The van der Waals surface area contributed by atoms with E-state index in [1.54, 1.807) is 36.4 Å². The molecule has 0 saturated heterocycles. The fourth-order valence-electron chi connectivity index (χ4n) is 2.40. The molecule has 3 rings (SSSR count). The summed E-state index contributed by atoms with van der Waals surface area (Å²) >= 11 is 0. The smallest absolute Gasteiger partial charge is 0.193 e. The Morgan fingerprint density at radius 3 is 2.43 bits per heavy atom. The van der Waals surface area contributed by atoms with Crippen molar-refractivity contribution in [1.82, 2.24) is 0 Å². The molecule has 0 saturated carbocycles.